The number of nitrogens with one attached hydrogen (secondary N) is 2. The highest BCUT2D eigenvalue weighted by Crippen LogP contribution is 2.34. The van der Waals surface area contributed by atoms with Crippen LogP contribution >= 0.6 is 0 Å². The van der Waals surface area contributed by atoms with Crippen molar-refractivity contribution in [2.24, 2.45) is 5.92 Å². The quantitative estimate of drug-likeness (QED) is 0.751. The predicted octanol–water partition coefficient (Wildman–Crippen LogP) is 2.81. The second-order valence-corrected chi connectivity index (χ2v) is 6.38. The molecule has 26 heavy (non-hydrogen) atoms. The Kier molecular flexibility index (Phi) is 3.93. The summed E-state index contributed by atoms with van der Waals surface area (Å²) >= 11 is 0. The molecule has 3 heterocycles. The molecular formula is C17H16F3N5O. The van der Waals surface area contributed by atoms with Gasteiger partial charge in [0, 0.05) is 35.6 Å². The Balaban J connectivity index is 1.44. The molecule has 0 radical (unpaired) electrons. The van der Waals surface area contributed by atoms with Gasteiger partial charge in [-0.2, -0.15) is 13.2 Å². The van der Waals surface area contributed by atoms with Crippen molar-refractivity contribution in [1.82, 2.24) is 25.1 Å². The van der Waals surface area contributed by atoms with E-state index in [0.717, 1.165) is 10.9 Å². The molecule has 0 spiro atoms. The van der Waals surface area contributed by atoms with E-state index in [0.29, 0.717) is 17.2 Å². The van der Waals surface area contributed by atoms with Crippen molar-refractivity contribution >= 4 is 16.8 Å². The van der Waals surface area contributed by atoms with Crippen LogP contribution in [-0.4, -0.2) is 31.8 Å². The third-order valence-electron chi connectivity index (χ3n) is 4.72. The molecule has 2 N–H and O–H groups in total. The Morgan fingerprint density at radius 1 is 1.31 bits per heavy atom. The van der Waals surface area contributed by atoms with E-state index in [1.807, 2.05) is 12.1 Å². The maximum atomic E-state index is 12.9. The SMILES string of the molecule is O=C(NCc1nnc2n1CCC(C(F)(F)F)C2)c1ccc2[nH]ccc2c1. The van der Waals surface area contributed by atoms with Crippen LogP contribution in [0.2, 0.25) is 0 Å². The van der Waals surface area contributed by atoms with Gasteiger partial charge in [0.05, 0.1) is 12.5 Å². The van der Waals surface area contributed by atoms with E-state index < -0.39 is 12.1 Å². The van der Waals surface area contributed by atoms with E-state index in [4.69, 9.17) is 0 Å². The summed E-state index contributed by atoms with van der Waals surface area (Å²) in [6.07, 6.45) is -2.60. The number of hydrogen-bond acceptors (Lipinski definition) is 3. The van der Waals surface area contributed by atoms with Crippen molar-refractivity contribution in [3.05, 3.63) is 47.7 Å². The average Bonchev–Trinajstić information content (AvgIpc) is 3.24. The topological polar surface area (TPSA) is 75.6 Å². The number of rotatable bonds is 3. The number of alkyl halides is 3. The molecule has 0 fully saturated rings. The number of aromatic nitrogens is 4. The molecule has 0 saturated heterocycles. The standard InChI is InChI=1S/C17H16F3N5O/c18-17(19,20)12-4-6-25-14(8-12)23-24-15(25)9-22-16(26)11-1-2-13-10(7-11)3-5-21-13/h1-3,5,7,12,21H,4,6,8-9H2,(H,22,26). The maximum Gasteiger partial charge on any atom is 0.392 e. The molecule has 136 valence electrons. The fraction of sp³-hybridized carbons (Fsp3) is 0.353. The molecular weight excluding hydrogens is 347 g/mol. The van der Waals surface area contributed by atoms with E-state index in [-0.39, 0.29) is 31.8 Å². The molecule has 6 nitrogen and oxygen atoms in total. The summed E-state index contributed by atoms with van der Waals surface area (Å²) in [5.74, 6) is -0.864. The Morgan fingerprint density at radius 3 is 2.96 bits per heavy atom. The fourth-order valence-corrected chi connectivity index (χ4v) is 3.25. The van der Waals surface area contributed by atoms with Crippen LogP contribution in [0.5, 0.6) is 0 Å². The van der Waals surface area contributed by atoms with E-state index in [2.05, 4.69) is 20.5 Å². The first-order valence-corrected chi connectivity index (χ1v) is 8.25. The molecule has 0 aliphatic carbocycles. The van der Waals surface area contributed by atoms with Crippen molar-refractivity contribution in [3.8, 4) is 0 Å². The molecule has 4 rings (SSSR count). The van der Waals surface area contributed by atoms with Gasteiger partial charge in [-0.3, -0.25) is 4.79 Å². The first kappa shape index (κ1) is 16.6. The number of hydrogen-bond donors (Lipinski definition) is 2. The van der Waals surface area contributed by atoms with Gasteiger partial charge in [0.1, 0.15) is 5.82 Å². The van der Waals surface area contributed by atoms with Crippen LogP contribution in [0.4, 0.5) is 13.2 Å². The number of carbonyl (C=O) groups is 1. The van der Waals surface area contributed by atoms with E-state index in [1.165, 1.54) is 0 Å². The van der Waals surface area contributed by atoms with Gasteiger partial charge in [-0.1, -0.05) is 0 Å². The van der Waals surface area contributed by atoms with Crippen molar-refractivity contribution in [3.63, 3.8) is 0 Å². The van der Waals surface area contributed by atoms with Crippen LogP contribution in [0.25, 0.3) is 10.9 Å². The molecule has 0 bridgehead atoms. The molecule has 1 aromatic carbocycles. The summed E-state index contributed by atoms with van der Waals surface area (Å²) in [6.45, 7) is 0.320. The lowest BCUT2D eigenvalue weighted by atomic mass is 9.97. The summed E-state index contributed by atoms with van der Waals surface area (Å²) in [6, 6.07) is 7.17. The molecule has 3 aromatic rings. The van der Waals surface area contributed by atoms with Gasteiger partial charge < -0.3 is 14.9 Å². The number of nitrogens with zero attached hydrogens (tertiary/aromatic N) is 3. The first-order chi connectivity index (χ1) is 12.4. The van der Waals surface area contributed by atoms with Gasteiger partial charge in [-0.25, -0.2) is 0 Å². The van der Waals surface area contributed by atoms with Crippen LogP contribution in [-0.2, 0) is 19.5 Å². The zero-order chi connectivity index (χ0) is 18.3. The molecule has 1 aliphatic rings. The lowest BCUT2D eigenvalue weighted by Crippen LogP contribution is -2.32. The van der Waals surface area contributed by atoms with Crippen LogP contribution in [0.1, 0.15) is 28.4 Å². The number of carbonyl (C=O) groups excluding carboxylic acids is 1. The highest BCUT2D eigenvalue weighted by atomic mass is 19.4. The summed E-state index contributed by atoms with van der Waals surface area (Å²) in [5.41, 5.74) is 1.44. The minimum Gasteiger partial charge on any atom is -0.361 e. The number of benzene rings is 1. The maximum absolute atomic E-state index is 12.9. The van der Waals surface area contributed by atoms with Gasteiger partial charge in [0.25, 0.3) is 5.91 Å². The van der Waals surface area contributed by atoms with Crippen molar-refractivity contribution in [2.75, 3.05) is 0 Å². The van der Waals surface area contributed by atoms with Crippen LogP contribution in [0.15, 0.2) is 30.5 Å². The van der Waals surface area contributed by atoms with E-state index in [1.54, 1.807) is 22.9 Å². The summed E-state index contributed by atoms with van der Waals surface area (Å²) in [4.78, 5) is 15.4. The number of amides is 1. The summed E-state index contributed by atoms with van der Waals surface area (Å²) in [7, 11) is 0. The first-order valence-electron chi connectivity index (χ1n) is 8.25. The fourth-order valence-electron chi connectivity index (χ4n) is 3.25. The summed E-state index contributed by atoms with van der Waals surface area (Å²) in [5, 5.41) is 11.5. The molecule has 2 aromatic heterocycles. The normalized spacial score (nSPS) is 17.3. The molecule has 1 atom stereocenters. The van der Waals surface area contributed by atoms with E-state index in [9.17, 15) is 18.0 Å². The second-order valence-electron chi connectivity index (χ2n) is 6.38. The lowest BCUT2D eigenvalue weighted by Gasteiger charge is -2.25. The van der Waals surface area contributed by atoms with Crippen LogP contribution < -0.4 is 5.32 Å². The Morgan fingerprint density at radius 2 is 2.15 bits per heavy atom. The molecule has 1 aliphatic heterocycles. The monoisotopic (exact) mass is 363 g/mol. The minimum absolute atomic E-state index is 0.000354. The smallest absolute Gasteiger partial charge is 0.361 e. The van der Waals surface area contributed by atoms with Gasteiger partial charge >= 0.3 is 6.18 Å². The number of halogens is 3. The highest BCUT2D eigenvalue weighted by molar-refractivity contribution is 5.97. The molecule has 1 amide bonds. The number of H-pyrrole nitrogens is 1. The molecule has 1 unspecified atom stereocenters. The van der Waals surface area contributed by atoms with Crippen LogP contribution in [0, 0.1) is 5.92 Å². The Hall–Kier alpha value is -2.84. The van der Waals surface area contributed by atoms with Crippen LogP contribution in [0.3, 0.4) is 0 Å². The van der Waals surface area contributed by atoms with E-state index >= 15 is 0 Å². The minimum atomic E-state index is -4.22. The van der Waals surface area contributed by atoms with Gasteiger partial charge in [0.15, 0.2) is 5.82 Å². The molecule has 9 heteroatoms. The zero-order valence-electron chi connectivity index (χ0n) is 13.7. The lowest BCUT2D eigenvalue weighted by molar-refractivity contribution is -0.179. The van der Waals surface area contributed by atoms with Gasteiger partial charge in [-0.15, -0.1) is 10.2 Å². The highest BCUT2D eigenvalue weighted by Gasteiger charge is 2.42. The van der Waals surface area contributed by atoms with Crippen molar-refractivity contribution < 1.29 is 18.0 Å². The largest absolute Gasteiger partial charge is 0.392 e. The van der Waals surface area contributed by atoms with Gasteiger partial charge in [-0.05, 0) is 30.7 Å². The summed E-state index contributed by atoms with van der Waals surface area (Å²) < 4.78 is 40.2. The zero-order valence-corrected chi connectivity index (χ0v) is 13.7. The average molecular weight is 363 g/mol. The van der Waals surface area contributed by atoms with Crippen molar-refractivity contribution in [1.29, 1.82) is 0 Å². The Bertz CT molecular complexity index is 959. The third-order valence-corrected chi connectivity index (χ3v) is 4.72. The molecule has 0 saturated carbocycles. The second kappa shape index (κ2) is 6.15. The Labute approximate surface area is 146 Å². The third kappa shape index (κ3) is 3.04. The number of fused-ring (bicyclic) bond motifs is 2. The van der Waals surface area contributed by atoms with Crippen molar-refractivity contribution in [2.45, 2.75) is 32.1 Å². The number of aromatic amines is 1. The predicted molar refractivity (Wildman–Crippen MR) is 87.4 cm³/mol. The van der Waals surface area contributed by atoms with Gasteiger partial charge in [0.2, 0.25) is 0 Å².